The molecule has 1 heterocycles. The van der Waals surface area contributed by atoms with E-state index < -0.39 is 0 Å². The van der Waals surface area contributed by atoms with E-state index in [1.54, 1.807) is 57.7 Å². The number of carbonyl (C=O) groups excluding carboxylic acids is 1. The largest absolute Gasteiger partial charge is 0.496 e. The first-order valence-electron chi connectivity index (χ1n) is 8.10. The molecule has 0 saturated carbocycles. The summed E-state index contributed by atoms with van der Waals surface area (Å²) in [7, 11) is 4.66. The van der Waals surface area contributed by atoms with E-state index in [0.29, 0.717) is 28.7 Å². The van der Waals surface area contributed by atoms with E-state index >= 15 is 0 Å². The van der Waals surface area contributed by atoms with Gasteiger partial charge in [-0.15, -0.1) is 10.2 Å². The number of aromatic nitrogens is 2. The van der Waals surface area contributed by atoms with Gasteiger partial charge in [0.05, 0.1) is 21.3 Å². The second kappa shape index (κ2) is 8.22. The Morgan fingerprint density at radius 3 is 2.26 bits per heavy atom. The van der Waals surface area contributed by atoms with Gasteiger partial charge < -0.3 is 23.9 Å². The van der Waals surface area contributed by atoms with Gasteiger partial charge in [-0.05, 0) is 30.3 Å². The van der Waals surface area contributed by atoms with E-state index in [9.17, 15) is 4.79 Å². The van der Waals surface area contributed by atoms with Crippen molar-refractivity contribution in [1.82, 2.24) is 15.5 Å². The Hall–Kier alpha value is -3.55. The minimum atomic E-state index is -0.219. The van der Waals surface area contributed by atoms with Gasteiger partial charge in [0, 0.05) is 29.3 Å². The van der Waals surface area contributed by atoms with E-state index in [4.69, 9.17) is 18.6 Å². The summed E-state index contributed by atoms with van der Waals surface area (Å²) in [5, 5.41) is 10.3. The van der Waals surface area contributed by atoms with E-state index in [1.165, 1.54) is 6.39 Å². The van der Waals surface area contributed by atoms with Gasteiger partial charge in [0.25, 0.3) is 5.91 Å². The van der Waals surface area contributed by atoms with E-state index in [-0.39, 0.29) is 12.5 Å². The third kappa shape index (κ3) is 4.00. The molecule has 3 rings (SSSR count). The van der Waals surface area contributed by atoms with Crippen molar-refractivity contribution in [2.45, 2.75) is 6.54 Å². The van der Waals surface area contributed by atoms with Crippen LogP contribution in [0.5, 0.6) is 17.2 Å². The maximum atomic E-state index is 12.4. The van der Waals surface area contributed by atoms with Crippen molar-refractivity contribution in [3.8, 4) is 28.7 Å². The number of nitrogens with zero attached hydrogens (tertiary/aromatic N) is 2. The van der Waals surface area contributed by atoms with Crippen molar-refractivity contribution >= 4 is 5.91 Å². The molecular formula is C19H19N3O5. The summed E-state index contributed by atoms with van der Waals surface area (Å²) in [5.74, 6) is 1.90. The second-order valence-corrected chi connectivity index (χ2v) is 5.52. The van der Waals surface area contributed by atoms with Gasteiger partial charge in [0.1, 0.15) is 5.75 Å². The first-order chi connectivity index (χ1) is 13.2. The number of rotatable bonds is 7. The Kier molecular flexibility index (Phi) is 5.55. The Labute approximate surface area is 156 Å². The first-order valence-corrected chi connectivity index (χ1v) is 8.10. The van der Waals surface area contributed by atoms with Crippen molar-refractivity contribution in [3.63, 3.8) is 0 Å². The Balaban J connectivity index is 1.72. The molecule has 0 bridgehead atoms. The fourth-order valence-electron chi connectivity index (χ4n) is 2.57. The minimum absolute atomic E-state index is 0.219. The molecule has 2 aromatic carbocycles. The molecule has 8 nitrogen and oxygen atoms in total. The van der Waals surface area contributed by atoms with Gasteiger partial charge in [0.15, 0.2) is 11.5 Å². The van der Waals surface area contributed by atoms with E-state index in [1.807, 2.05) is 0 Å². The zero-order chi connectivity index (χ0) is 19.2. The van der Waals surface area contributed by atoms with Crippen LogP contribution >= 0.6 is 0 Å². The smallest absolute Gasteiger partial charge is 0.251 e. The number of hydrogen-bond donors (Lipinski definition) is 1. The molecule has 0 aliphatic carbocycles. The summed E-state index contributed by atoms with van der Waals surface area (Å²) in [5.41, 5.74) is 2.02. The van der Waals surface area contributed by atoms with Crippen LogP contribution in [0, 0.1) is 0 Å². The molecule has 3 aromatic rings. The molecule has 0 saturated heterocycles. The van der Waals surface area contributed by atoms with Crippen molar-refractivity contribution in [2.75, 3.05) is 21.3 Å². The van der Waals surface area contributed by atoms with E-state index in [2.05, 4.69) is 15.5 Å². The normalized spacial score (nSPS) is 10.3. The lowest BCUT2D eigenvalue weighted by atomic mass is 10.1. The van der Waals surface area contributed by atoms with Crippen LogP contribution in [0.3, 0.4) is 0 Å². The molecule has 0 aliphatic rings. The Morgan fingerprint density at radius 1 is 1.00 bits per heavy atom. The van der Waals surface area contributed by atoms with Crippen LogP contribution < -0.4 is 19.5 Å². The van der Waals surface area contributed by atoms with Gasteiger partial charge in [-0.1, -0.05) is 0 Å². The summed E-state index contributed by atoms with van der Waals surface area (Å²) in [4.78, 5) is 12.4. The van der Waals surface area contributed by atoms with Crippen LogP contribution in [0.1, 0.15) is 15.9 Å². The molecule has 1 aromatic heterocycles. The third-order valence-electron chi connectivity index (χ3n) is 3.98. The first kappa shape index (κ1) is 18.2. The van der Waals surface area contributed by atoms with Crippen LogP contribution in [0.25, 0.3) is 11.5 Å². The Bertz CT molecular complexity index is 908. The molecule has 0 unspecified atom stereocenters. The standard InChI is InChI=1S/C19H19N3O5/c1-24-15-9-17(26-3)16(25-2)8-14(15)10-20-18(23)12-4-6-13(7-5-12)19-22-21-11-27-19/h4-9,11H,10H2,1-3H3,(H,20,23). The lowest BCUT2D eigenvalue weighted by molar-refractivity contribution is 0.0950. The molecular weight excluding hydrogens is 350 g/mol. The zero-order valence-electron chi connectivity index (χ0n) is 15.2. The topological polar surface area (TPSA) is 95.7 Å². The number of methoxy groups -OCH3 is 3. The molecule has 0 radical (unpaired) electrons. The molecule has 0 fully saturated rings. The Morgan fingerprint density at radius 2 is 1.67 bits per heavy atom. The fraction of sp³-hybridized carbons (Fsp3) is 0.211. The summed E-state index contributed by atoms with van der Waals surface area (Å²) >= 11 is 0. The minimum Gasteiger partial charge on any atom is -0.496 e. The highest BCUT2D eigenvalue weighted by Gasteiger charge is 2.14. The van der Waals surface area contributed by atoms with Crippen molar-refractivity contribution < 1.29 is 23.4 Å². The number of amides is 1. The maximum absolute atomic E-state index is 12.4. The lowest BCUT2D eigenvalue weighted by Gasteiger charge is -2.14. The highest BCUT2D eigenvalue weighted by Crippen LogP contribution is 2.34. The highest BCUT2D eigenvalue weighted by atomic mass is 16.5. The number of carbonyl (C=O) groups is 1. The average Bonchev–Trinajstić information content (AvgIpc) is 3.26. The monoisotopic (exact) mass is 369 g/mol. The van der Waals surface area contributed by atoms with Crippen LogP contribution in [0.2, 0.25) is 0 Å². The van der Waals surface area contributed by atoms with Gasteiger partial charge >= 0.3 is 0 Å². The van der Waals surface area contributed by atoms with Crippen LogP contribution in [0.15, 0.2) is 47.2 Å². The predicted octanol–water partition coefficient (Wildman–Crippen LogP) is 2.69. The molecule has 0 atom stereocenters. The van der Waals surface area contributed by atoms with Gasteiger partial charge in [-0.25, -0.2) is 0 Å². The zero-order valence-corrected chi connectivity index (χ0v) is 15.2. The molecule has 0 spiro atoms. The van der Waals surface area contributed by atoms with Crippen LogP contribution in [-0.4, -0.2) is 37.4 Å². The maximum Gasteiger partial charge on any atom is 0.251 e. The van der Waals surface area contributed by atoms with Gasteiger partial charge in [-0.2, -0.15) is 0 Å². The third-order valence-corrected chi connectivity index (χ3v) is 3.98. The SMILES string of the molecule is COc1cc(OC)c(OC)cc1CNC(=O)c1ccc(-c2nnco2)cc1. The van der Waals surface area contributed by atoms with Crippen LogP contribution in [0.4, 0.5) is 0 Å². The van der Waals surface area contributed by atoms with Crippen LogP contribution in [-0.2, 0) is 6.54 Å². The number of hydrogen-bond acceptors (Lipinski definition) is 7. The summed E-state index contributed by atoms with van der Waals surface area (Å²) in [6.45, 7) is 0.272. The van der Waals surface area contributed by atoms with E-state index in [0.717, 1.165) is 11.1 Å². The highest BCUT2D eigenvalue weighted by molar-refractivity contribution is 5.94. The molecule has 140 valence electrons. The lowest BCUT2D eigenvalue weighted by Crippen LogP contribution is -2.23. The second-order valence-electron chi connectivity index (χ2n) is 5.52. The molecule has 1 amide bonds. The quantitative estimate of drug-likeness (QED) is 0.684. The molecule has 27 heavy (non-hydrogen) atoms. The average molecular weight is 369 g/mol. The fourth-order valence-corrected chi connectivity index (χ4v) is 2.57. The predicted molar refractivity (Wildman–Crippen MR) is 97.0 cm³/mol. The van der Waals surface area contributed by atoms with Gasteiger partial charge in [0.2, 0.25) is 12.3 Å². The number of benzene rings is 2. The summed E-state index contributed by atoms with van der Waals surface area (Å²) in [6.07, 6.45) is 1.26. The molecule has 8 heteroatoms. The number of nitrogens with one attached hydrogen (secondary N) is 1. The molecule has 1 N–H and O–H groups in total. The summed E-state index contributed by atoms with van der Waals surface area (Å²) in [6, 6.07) is 10.4. The summed E-state index contributed by atoms with van der Waals surface area (Å²) < 4.78 is 21.1. The number of ether oxygens (including phenoxy) is 3. The van der Waals surface area contributed by atoms with Crippen molar-refractivity contribution in [3.05, 3.63) is 53.9 Å². The molecule has 0 aliphatic heterocycles. The van der Waals surface area contributed by atoms with Crippen molar-refractivity contribution in [1.29, 1.82) is 0 Å². The van der Waals surface area contributed by atoms with Crippen molar-refractivity contribution in [2.24, 2.45) is 0 Å². The van der Waals surface area contributed by atoms with Gasteiger partial charge in [-0.3, -0.25) is 4.79 Å².